The van der Waals surface area contributed by atoms with Crippen molar-refractivity contribution < 1.29 is 14.0 Å². The van der Waals surface area contributed by atoms with Gasteiger partial charge >= 0.3 is 0 Å². The Kier molecular flexibility index (Phi) is 4.89. The molecule has 2 amide bonds. The van der Waals surface area contributed by atoms with E-state index < -0.39 is 0 Å². The zero-order chi connectivity index (χ0) is 16.9. The highest BCUT2D eigenvalue weighted by Crippen LogP contribution is 2.36. The molecule has 3 rings (SSSR count). The Morgan fingerprint density at radius 3 is 2.25 bits per heavy atom. The first-order valence-electron chi connectivity index (χ1n) is 8.05. The summed E-state index contributed by atoms with van der Waals surface area (Å²) >= 11 is 0. The van der Waals surface area contributed by atoms with Gasteiger partial charge in [0.1, 0.15) is 5.82 Å². The van der Waals surface area contributed by atoms with Crippen LogP contribution >= 0.6 is 0 Å². The fourth-order valence-electron chi connectivity index (χ4n) is 2.65. The van der Waals surface area contributed by atoms with E-state index in [1.54, 1.807) is 12.1 Å². The molecule has 0 aliphatic heterocycles. The van der Waals surface area contributed by atoms with Crippen LogP contribution in [0.3, 0.4) is 0 Å². The Balaban J connectivity index is 1.49. The summed E-state index contributed by atoms with van der Waals surface area (Å²) in [5, 5.41) is 5.18. The molecule has 2 N–H and O–H groups in total. The Labute approximate surface area is 140 Å². The third-order valence-corrected chi connectivity index (χ3v) is 4.29. The number of hydrogen-bond donors (Lipinski definition) is 2. The van der Waals surface area contributed by atoms with Crippen LogP contribution in [0.1, 0.15) is 41.1 Å². The summed E-state index contributed by atoms with van der Waals surface area (Å²) in [5.41, 5.74) is 2.29. The molecule has 0 bridgehead atoms. The van der Waals surface area contributed by atoms with Gasteiger partial charge in [-0.3, -0.25) is 9.59 Å². The Morgan fingerprint density at radius 2 is 1.67 bits per heavy atom. The normalized spacial score (nSPS) is 13.9. The molecule has 0 heterocycles. The number of halogens is 1. The molecule has 1 aliphatic rings. The first-order chi connectivity index (χ1) is 11.6. The molecular formula is C19H19FN2O2. The maximum absolute atomic E-state index is 12.8. The van der Waals surface area contributed by atoms with E-state index >= 15 is 0 Å². The fourth-order valence-corrected chi connectivity index (χ4v) is 2.65. The molecule has 24 heavy (non-hydrogen) atoms. The van der Waals surface area contributed by atoms with Gasteiger partial charge in [0.25, 0.3) is 5.91 Å². The molecule has 2 aromatic rings. The molecule has 1 saturated carbocycles. The van der Waals surface area contributed by atoms with Crippen LogP contribution in [0.25, 0.3) is 0 Å². The summed E-state index contributed by atoms with van der Waals surface area (Å²) in [7, 11) is 0. The molecule has 4 nitrogen and oxygen atoms in total. The van der Waals surface area contributed by atoms with Crippen molar-refractivity contribution in [1.29, 1.82) is 0 Å². The first kappa shape index (κ1) is 16.2. The van der Waals surface area contributed by atoms with Crippen molar-refractivity contribution in [3.8, 4) is 0 Å². The molecule has 0 saturated heterocycles. The second-order valence-corrected chi connectivity index (χ2v) is 5.99. The Hall–Kier alpha value is -2.69. The van der Waals surface area contributed by atoms with Crippen molar-refractivity contribution >= 4 is 17.5 Å². The SMILES string of the molecule is O=C(CNC(=O)c1ccc(C2CCC2)cc1)Nc1ccc(F)cc1. The molecule has 1 fully saturated rings. The lowest BCUT2D eigenvalue weighted by molar-refractivity contribution is -0.115. The number of amides is 2. The Morgan fingerprint density at radius 1 is 1.00 bits per heavy atom. The molecule has 0 radical (unpaired) electrons. The van der Waals surface area contributed by atoms with Crippen molar-refractivity contribution in [3.05, 3.63) is 65.5 Å². The highest BCUT2D eigenvalue weighted by molar-refractivity contribution is 5.99. The van der Waals surface area contributed by atoms with Crippen molar-refractivity contribution in [2.45, 2.75) is 25.2 Å². The summed E-state index contributed by atoms with van der Waals surface area (Å²) in [6, 6.07) is 13.0. The van der Waals surface area contributed by atoms with Crippen LogP contribution in [0, 0.1) is 5.82 Å². The van der Waals surface area contributed by atoms with Gasteiger partial charge in [-0.2, -0.15) is 0 Å². The summed E-state index contributed by atoms with van der Waals surface area (Å²) in [6.45, 7) is -0.138. The highest BCUT2D eigenvalue weighted by Gasteiger charge is 2.19. The van der Waals surface area contributed by atoms with Gasteiger partial charge in [0.2, 0.25) is 5.91 Å². The molecule has 5 heteroatoms. The van der Waals surface area contributed by atoms with Crippen LogP contribution in [0.15, 0.2) is 48.5 Å². The molecule has 0 spiro atoms. The molecule has 0 unspecified atom stereocenters. The third kappa shape index (κ3) is 3.98. The second-order valence-electron chi connectivity index (χ2n) is 5.99. The minimum absolute atomic E-state index is 0.138. The molecular weight excluding hydrogens is 307 g/mol. The number of anilines is 1. The van der Waals surface area contributed by atoms with Crippen LogP contribution in [0.2, 0.25) is 0 Å². The molecule has 124 valence electrons. The average Bonchev–Trinajstić information content (AvgIpc) is 2.54. The second kappa shape index (κ2) is 7.25. The van der Waals surface area contributed by atoms with E-state index in [1.165, 1.54) is 49.1 Å². The quantitative estimate of drug-likeness (QED) is 0.884. The molecule has 0 atom stereocenters. The average molecular weight is 326 g/mol. The van der Waals surface area contributed by atoms with Crippen molar-refractivity contribution in [1.82, 2.24) is 5.32 Å². The summed E-state index contributed by atoms with van der Waals surface area (Å²) < 4.78 is 12.8. The van der Waals surface area contributed by atoms with Crippen LogP contribution in [0.5, 0.6) is 0 Å². The van der Waals surface area contributed by atoms with E-state index in [2.05, 4.69) is 10.6 Å². The standard InChI is InChI=1S/C19H19FN2O2/c20-16-8-10-17(11-9-16)22-18(23)12-21-19(24)15-6-4-14(5-7-15)13-2-1-3-13/h4-11,13H,1-3,12H2,(H,21,24)(H,22,23). The predicted molar refractivity (Wildman–Crippen MR) is 90.4 cm³/mol. The lowest BCUT2D eigenvalue weighted by Gasteiger charge is -2.25. The summed E-state index contributed by atoms with van der Waals surface area (Å²) in [6.07, 6.45) is 3.71. The van der Waals surface area contributed by atoms with Crippen LogP contribution in [-0.2, 0) is 4.79 Å². The van der Waals surface area contributed by atoms with E-state index in [0.29, 0.717) is 17.2 Å². The summed E-state index contributed by atoms with van der Waals surface area (Å²) in [5.74, 6) is -0.388. The van der Waals surface area contributed by atoms with Gasteiger partial charge < -0.3 is 10.6 Å². The Bertz CT molecular complexity index is 722. The number of carbonyl (C=O) groups is 2. The van der Waals surface area contributed by atoms with Gasteiger partial charge in [0.05, 0.1) is 6.54 Å². The van der Waals surface area contributed by atoms with Gasteiger partial charge in [-0.05, 0) is 60.7 Å². The van der Waals surface area contributed by atoms with Crippen LogP contribution in [0.4, 0.5) is 10.1 Å². The van der Waals surface area contributed by atoms with Crippen molar-refractivity contribution in [2.24, 2.45) is 0 Å². The van der Waals surface area contributed by atoms with Gasteiger partial charge in [0, 0.05) is 11.3 Å². The predicted octanol–water partition coefficient (Wildman–Crippen LogP) is 3.46. The number of hydrogen-bond acceptors (Lipinski definition) is 2. The monoisotopic (exact) mass is 326 g/mol. The smallest absolute Gasteiger partial charge is 0.251 e. The lowest BCUT2D eigenvalue weighted by atomic mass is 9.80. The maximum atomic E-state index is 12.8. The van der Waals surface area contributed by atoms with E-state index in [0.717, 1.165) is 0 Å². The van der Waals surface area contributed by atoms with Gasteiger partial charge in [-0.1, -0.05) is 18.6 Å². The van der Waals surface area contributed by atoms with Crippen LogP contribution in [-0.4, -0.2) is 18.4 Å². The lowest BCUT2D eigenvalue weighted by Crippen LogP contribution is -2.32. The molecule has 1 aliphatic carbocycles. The number of benzene rings is 2. The van der Waals surface area contributed by atoms with E-state index in [1.807, 2.05) is 12.1 Å². The van der Waals surface area contributed by atoms with Crippen molar-refractivity contribution in [2.75, 3.05) is 11.9 Å². The van der Waals surface area contributed by atoms with E-state index in [-0.39, 0.29) is 24.2 Å². The summed E-state index contributed by atoms with van der Waals surface area (Å²) in [4.78, 5) is 23.9. The number of rotatable bonds is 5. The molecule has 0 aromatic heterocycles. The minimum Gasteiger partial charge on any atom is -0.343 e. The third-order valence-electron chi connectivity index (χ3n) is 4.29. The van der Waals surface area contributed by atoms with Gasteiger partial charge in [-0.25, -0.2) is 4.39 Å². The van der Waals surface area contributed by atoms with Gasteiger partial charge in [-0.15, -0.1) is 0 Å². The van der Waals surface area contributed by atoms with Crippen molar-refractivity contribution in [3.63, 3.8) is 0 Å². The largest absolute Gasteiger partial charge is 0.343 e. The van der Waals surface area contributed by atoms with Crippen LogP contribution < -0.4 is 10.6 Å². The topological polar surface area (TPSA) is 58.2 Å². The van der Waals surface area contributed by atoms with E-state index in [4.69, 9.17) is 0 Å². The minimum atomic E-state index is -0.369. The maximum Gasteiger partial charge on any atom is 0.251 e. The first-order valence-corrected chi connectivity index (χ1v) is 8.05. The zero-order valence-corrected chi connectivity index (χ0v) is 13.2. The highest BCUT2D eigenvalue weighted by atomic mass is 19.1. The molecule has 2 aromatic carbocycles. The van der Waals surface area contributed by atoms with E-state index in [9.17, 15) is 14.0 Å². The fraction of sp³-hybridized carbons (Fsp3) is 0.263. The van der Waals surface area contributed by atoms with Gasteiger partial charge in [0.15, 0.2) is 0 Å². The number of nitrogens with one attached hydrogen (secondary N) is 2. The zero-order valence-electron chi connectivity index (χ0n) is 13.2. The number of carbonyl (C=O) groups excluding carboxylic acids is 2.